The molecule has 0 bridgehead atoms. The molecule has 1 saturated heterocycles. The highest BCUT2D eigenvalue weighted by molar-refractivity contribution is 7.18. The Morgan fingerprint density at radius 2 is 1.94 bits per heavy atom. The van der Waals surface area contributed by atoms with Gasteiger partial charge in [0.25, 0.3) is 5.56 Å². The highest BCUT2D eigenvalue weighted by Crippen LogP contribution is 2.33. The van der Waals surface area contributed by atoms with Crippen molar-refractivity contribution in [2.75, 3.05) is 23.3 Å². The van der Waals surface area contributed by atoms with Gasteiger partial charge in [0.15, 0.2) is 0 Å². The number of aryl methyl sites for hydroxylation is 3. The van der Waals surface area contributed by atoms with Crippen molar-refractivity contribution in [1.29, 1.82) is 0 Å². The molecule has 1 aliphatic carbocycles. The normalized spacial score (nSPS) is 16.2. The lowest BCUT2D eigenvalue weighted by Gasteiger charge is -2.30. The molecule has 0 atom stereocenters. The molecule has 3 aromatic rings. The van der Waals surface area contributed by atoms with Crippen LogP contribution in [0, 0.1) is 5.82 Å². The van der Waals surface area contributed by atoms with Gasteiger partial charge < -0.3 is 10.2 Å². The lowest BCUT2D eigenvalue weighted by atomic mass is 9.97. The number of fused-ring (bicyclic) bond motifs is 3. The molecule has 5 rings (SSSR count). The van der Waals surface area contributed by atoms with Gasteiger partial charge in [-0.3, -0.25) is 14.2 Å². The van der Waals surface area contributed by atoms with Crippen molar-refractivity contribution in [3.05, 3.63) is 51.1 Å². The van der Waals surface area contributed by atoms with Crippen molar-refractivity contribution >= 4 is 38.8 Å². The molecule has 2 aliphatic rings. The molecule has 0 saturated carbocycles. The first-order valence-electron chi connectivity index (χ1n) is 11.4. The molecule has 0 unspecified atom stereocenters. The van der Waals surface area contributed by atoms with Crippen molar-refractivity contribution in [3.8, 4) is 0 Å². The molecule has 8 heteroatoms. The summed E-state index contributed by atoms with van der Waals surface area (Å²) in [5, 5.41) is 3.59. The van der Waals surface area contributed by atoms with Crippen LogP contribution in [0.5, 0.6) is 0 Å². The number of anilines is 2. The Bertz CT molecular complexity index is 1210. The summed E-state index contributed by atoms with van der Waals surface area (Å²) >= 11 is 1.62. The minimum absolute atomic E-state index is 0.0676. The first-order valence-corrected chi connectivity index (χ1v) is 12.3. The predicted octanol–water partition coefficient (Wildman–Crippen LogP) is 4.50. The number of aromatic nitrogens is 2. The zero-order chi connectivity index (χ0) is 22.1. The van der Waals surface area contributed by atoms with E-state index in [9.17, 15) is 14.0 Å². The number of carbonyl (C=O) groups is 1. The average molecular weight is 455 g/mol. The number of piperidine rings is 1. The monoisotopic (exact) mass is 454 g/mol. The van der Waals surface area contributed by atoms with E-state index in [1.54, 1.807) is 23.7 Å². The number of thiophene rings is 1. The van der Waals surface area contributed by atoms with Crippen LogP contribution in [0.25, 0.3) is 10.2 Å². The van der Waals surface area contributed by atoms with Crippen molar-refractivity contribution in [2.24, 2.45) is 0 Å². The van der Waals surface area contributed by atoms with Crippen molar-refractivity contribution in [2.45, 2.75) is 57.9 Å². The average Bonchev–Trinajstić information content (AvgIpc) is 3.19. The fraction of sp³-hybridized carbons (Fsp3) is 0.458. The van der Waals surface area contributed by atoms with Gasteiger partial charge in [-0.25, -0.2) is 9.37 Å². The van der Waals surface area contributed by atoms with E-state index >= 15 is 0 Å². The lowest BCUT2D eigenvalue weighted by molar-refractivity contribution is -0.116. The summed E-state index contributed by atoms with van der Waals surface area (Å²) in [6.45, 7) is 2.05. The fourth-order valence-electron chi connectivity index (χ4n) is 4.79. The molecule has 1 aromatic carbocycles. The van der Waals surface area contributed by atoms with E-state index in [1.165, 1.54) is 28.0 Å². The highest BCUT2D eigenvalue weighted by Gasteiger charge is 2.21. The Labute approximate surface area is 190 Å². The Balaban J connectivity index is 1.32. The van der Waals surface area contributed by atoms with Gasteiger partial charge in [-0.15, -0.1) is 11.3 Å². The van der Waals surface area contributed by atoms with Gasteiger partial charge in [-0.1, -0.05) is 0 Å². The van der Waals surface area contributed by atoms with E-state index in [2.05, 4.69) is 15.2 Å². The van der Waals surface area contributed by atoms with Crippen LogP contribution in [0.15, 0.2) is 29.3 Å². The van der Waals surface area contributed by atoms with Crippen LogP contribution in [-0.2, 0) is 24.2 Å². The van der Waals surface area contributed by atoms with Crippen LogP contribution in [0.1, 0.15) is 49.0 Å². The molecule has 32 heavy (non-hydrogen) atoms. The van der Waals surface area contributed by atoms with Crippen LogP contribution < -0.4 is 15.8 Å². The smallest absolute Gasteiger partial charge is 0.262 e. The van der Waals surface area contributed by atoms with Gasteiger partial charge in [0.2, 0.25) is 5.91 Å². The lowest BCUT2D eigenvalue weighted by Crippen LogP contribution is -2.30. The molecular formula is C24H27FN4O2S. The van der Waals surface area contributed by atoms with E-state index in [0.29, 0.717) is 5.69 Å². The summed E-state index contributed by atoms with van der Waals surface area (Å²) in [6, 6.07) is 4.54. The predicted molar refractivity (Wildman–Crippen MR) is 126 cm³/mol. The maximum absolute atomic E-state index is 13.9. The molecule has 168 valence electrons. The molecule has 3 heterocycles. The number of nitrogens with zero attached hydrogens (tertiary/aromatic N) is 3. The summed E-state index contributed by atoms with van der Waals surface area (Å²) in [7, 11) is 0. The minimum atomic E-state index is -0.380. The molecule has 0 spiro atoms. The number of hydrogen-bond donors (Lipinski definition) is 1. The first kappa shape index (κ1) is 21.1. The largest absolute Gasteiger partial charge is 0.370 e. The number of hydrogen-bond acceptors (Lipinski definition) is 5. The zero-order valence-corrected chi connectivity index (χ0v) is 18.8. The zero-order valence-electron chi connectivity index (χ0n) is 18.0. The number of nitrogens with one attached hydrogen (secondary N) is 1. The van der Waals surface area contributed by atoms with Crippen LogP contribution in [0.3, 0.4) is 0 Å². The van der Waals surface area contributed by atoms with Gasteiger partial charge in [0, 0.05) is 30.9 Å². The Morgan fingerprint density at radius 1 is 1.12 bits per heavy atom. The molecule has 6 nitrogen and oxygen atoms in total. The molecular weight excluding hydrogens is 427 g/mol. The maximum atomic E-state index is 13.9. The second kappa shape index (κ2) is 9.02. The third-order valence-electron chi connectivity index (χ3n) is 6.45. The number of halogens is 1. The molecule has 1 fully saturated rings. The van der Waals surface area contributed by atoms with E-state index in [-0.39, 0.29) is 30.2 Å². The fourth-order valence-corrected chi connectivity index (χ4v) is 6.01. The third kappa shape index (κ3) is 4.16. The van der Waals surface area contributed by atoms with E-state index < -0.39 is 0 Å². The number of amides is 1. The van der Waals surface area contributed by atoms with Gasteiger partial charge in [-0.2, -0.15) is 0 Å². The van der Waals surface area contributed by atoms with Crippen LogP contribution in [0.2, 0.25) is 0 Å². The quantitative estimate of drug-likeness (QED) is 0.617. The number of benzene rings is 1. The van der Waals surface area contributed by atoms with Gasteiger partial charge in [0.1, 0.15) is 10.6 Å². The third-order valence-corrected chi connectivity index (χ3v) is 7.65. The Hall–Kier alpha value is -2.74. The molecule has 1 N–H and O–H groups in total. The first-order chi connectivity index (χ1) is 15.6. The topological polar surface area (TPSA) is 67.2 Å². The number of carbonyl (C=O) groups excluding carboxylic acids is 1. The summed E-state index contributed by atoms with van der Waals surface area (Å²) in [5.41, 5.74) is 2.43. The van der Waals surface area contributed by atoms with Gasteiger partial charge in [-0.05, 0) is 68.7 Å². The second-order valence-electron chi connectivity index (χ2n) is 8.64. The van der Waals surface area contributed by atoms with Gasteiger partial charge >= 0.3 is 0 Å². The minimum Gasteiger partial charge on any atom is -0.370 e. The van der Waals surface area contributed by atoms with E-state index in [1.807, 2.05) is 0 Å². The summed E-state index contributed by atoms with van der Waals surface area (Å²) in [4.78, 5) is 34.5. The van der Waals surface area contributed by atoms with Gasteiger partial charge in [0.05, 0.1) is 23.1 Å². The van der Waals surface area contributed by atoms with Crippen LogP contribution >= 0.6 is 11.3 Å². The van der Waals surface area contributed by atoms with Crippen LogP contribution in [-0.4, -0.2) is 28.5 Å². The summed E-state index contributed by atoms with van der Waals surface area (Å²) in [5.74, 6) is -0.623. The highest BCUT2D eigenvalue weighted by atomic mass is 32.1. The van der Waals surface area contributed by atoms with Crippen LogP contribution in [0.4, 0.5) is 15.8 Å². The second-order valence-corrected chi connectivity index (χ2v) is 9.73. The van der Waals surface area contributed by atoms with E-state index in [0.717, 1.165) is 73.1 Å². The van der Waals surface area contributed by atoms with Crippen molar-refractivity contribution in [1.82, 2.24) is 9.55 Å². The molecule has 1 amide bonds. The van der Waals surface area contributed by atoms with Crippen molar-refractivity contribution < 1.29 is 9.18 Å². The number of rotatable bonds is 5. The molecule has 2 aromatic heterocycles. The molecule has 0 radical (unpaired) electrons. The standard InChI is InChI=1S/C24H27FN4O2S/c25-16-8-9-19(28-11-4-1-5-12-28)18(14-16)27-21(30)10-13-29-15-26-23-22(24(29)31)17-6-2-3-7-20(17)32-23/h8-9,14-15H,1-7,10-13H2,(H,27,30). The summed E-state index contributed by atoms with van der Waals surface area (Å²) < 4.78 is 15.4. The van der Waals surface area contributed by atoms with Crippen molar-refractivity contribution in [3.63, 3.8) is 0 Å². The molecule has 1 aliphatic heterocycles. The maximum Gasteiger partial charge on any atom is 0.262 e. The Kier molecular flexibility index (Phi) is 5.95. The van der Waals surface area contributed by atoms with E-state index in [4.69, 9.17) is 0 Å². The Morgan fingerprint density at radius 3 is 2.78 bits per heavy atom. The SMILES string of the molecule is O=C(CCn1cnc2sc3c(c2c1=O)CCCC3)Nc1cc(F)ccc1N1CCCCC1. The summed E-state index contributed by atoms with van der Waals surface area (Å²) in [6.07, 6.45) is 9.25.